The van der Waals surface area contributed by atoms with E-state index < -0.39 is 72.1 Å². The summed E-state index contributed by atoms with van der Waals surface area (Å²) in [5.74, 6) is -4.90. The molecule has 18 heteroatoms. The van der Waals surface area contributed by atoms with Crippen LogP contribution < -0.4 is 43.8 Å². The van der Waals surface area contributed by atoms with Crippen molar-refractivity contribution < 1.29 is 33.6 Å². The monoisotopic (exact) mass is 835 g/mol. The van der Waals surface area contributed by atoms with E-state index in [0.717, 1.165) is 21.4 Å². The van der Waals surface area contributed by atoms with E-state index in [0.29, 0.717) is 11.1 Å². The number of amides is 7. The molecule has 61 heavy (non-hydrogen) atoms. The van der Waals surface area contributed by atoms with E-state index in [1.165, 1.54) is 0 Å². The van der Waals surface area contributed by atoms with E-state index in [-0.39, 0.29) is 70.5 Å². The molecule has 2 heterocycles. The van der Waals surface area contributed by atoms with Crippen LogP contribution in [0.4, 0.5) is 0 Å². The smallest absolute Gasteiger partial charge is 0.246 e. The number of nitrogens with one attached hydrogen (secondary N) is 6. The van der Waals surface area contributed by atoms with Crippen LogP contribution in [0, 0.1) is 0 Å². The molecule has 1 fully saturated rings. The number of benzene rings is 3. The molecule has 12 N–H and O–H groups in total. The standard InChI is InChI=1S/C43H53N11O7/c44-36(55)26-54-21-20-47-37(56)17-18-38(57)50-33(22-27-10-3-1-4-11-27)40(59)52-34(23-28-12-5-2-6-13-28)41(60)51-32(16-9-19-48-43(45)46)39(58)53-35(42(54)61)24-29-25-49-31-15-8-7-14-30(29)31/h1-8,10-15,25,32-35,49H,9,16-24,26H2,(H2,44,55)(H,47,56)(H,50,57)(H,51,60)(H,52,59)(H,53,58)(H4,45,46,48)/t32-,33-,34+,35-/m0/s1. The number of aromatic amines is 1. The first-order valence-electron chi connectivity index (χ1n) is 20.1. The molecule has 0 spiro atoms. The van der Waals surface area contributed by atoms with Crippen molar-refractivity contribution >= 4 is 58.2 Å². The number of aromatic nitrogens is 1. The zero-order valence-electron chi connectivity index (χ0n) is 33.7. The van der Waals surface area contributed by atoms with Crippen LogP contribution in [-0.4, -0.2) is 108 Å². The van der Waals surface area contributed by atoms with Crippen LogP contribution in [0.3, 0.4) is 0 Å². The molecular formula is C43H53N11O7. The number of nitrogens with zero attached hydrogens (tertiary/aromatic N) is 2. The molecule has 0 saturated carbocycles. The number of H-pyrrole nitrogens is 1. The topological polar surface area (TPSA) is 289 Å². The number of hydrogen-bond donors (Lipinski definition) is 9. The molecule has 4 aromatic rings. The number of nitrogens with two attached hydrogens (primary N) is 3. The number of hydrogen-bond acceptors (Lipinski definition) is 8. The molecule has 3 aromatic carbocycles. The Kier molecular flexibility index (Phi) is 16.3. The van der Waals surface area contributed by atoms with E-state index in [1.54, 1.807) is 60.8 Å². The first kappa shape index (κ1) is 44.9. The zero-order chi connectivity index (χ0) is 43.7. The number of primary amides is 1. The maximum atomic E-state index is 14.4. The maximum Gasteiger partial charge on any atom is 0.246 e. The molecule has 0 unspecified atom stereocenters. The summed E-state index contributed by atoms with van der Waals surface area (Å²) >= 11 is 0. The highest BCUT2D eigenvalue weighted by atomic mass is 16.2. The summed E-state index contributed by atoms with van der Waals surface area (Å²) in [7, 11) is 0. The minimum absolute atomic E-state index is 0.0106. The molecule has 4 atom stereocenters. The minimum Gasteiger partial charge on any atom is -0.370 e. The van der Waals surface area contributed by atoms with Gasteiger partial charge in [0.15, 0.2) is 5.96 Å². The lowest BCUT2D eigenvalue weighted by Gasteiger charge is -2.29. The molecule has 0 bridgehead atoms. The number of carbonyl (C=O) groups excluding carboxylic acids is 7. The van der Waals surface area contributed by atoms with Crippen molar-refractivity contribution in [2.75, 3.05) is 26.2 Å². The van der Waals surface area contributed by atoms with Crippen LogP contribution in [-0.2, 0) is 52.8 Å². The molecule has 0 radical (unpaired) electrons. The second kappa shape index (κ2) is 22.2. The Labute approximate surface area is 352 Å². The molecule has 1 saturated heterocycles. The number of rotatable bonds is 12. The van der Waals surface area contributed by atoms with E-state index in [9.17, 15) is 33.6 Å². The fourth-order valence-corrected chi connectivity index (χ4v) is 7.02. The van der Waals surface area contributed by atoms with Crippen LogP contribution >= 0.6 is 0 Å². The second-order valence-corrected chi connectivity index (χ2v) is 14.8. The number of guanidine groups is 1. The van der Waals surface area contributed by atoms with Crippen molar-refractivity contribution in [2.45, 2.75) is 69.1 Å². The van der Waals surface area contributed by atoms with Gasteiger partial charge < -0.3 is 53.7 Å². The Morgan fingerprint density at radius 3 is 1.85 bits per heavy atom. The maximum absolute atomic E-state index is 14.4. The average Bonchev–Trinajstić information content (AvgIpc) is 3.65. The fraction of sp³-hybridized carbons (Fsp3) is 0.349. The average molecular weight is 836 g/mol. The van der Waals surface area contributed by atoms with Gasteiger partial charge in [-0.25, -0.2) is 0 Å². The van der Waals surface area contributed by atoms with Crippen molar-refractivity contribution in [3.63, 3.8) is 0 Å². The van der Waals surface area contributed by atoms with Gasteiger partial charge in [-0.1, -0.05) is 78.9 Å². The first-order valence-corrected chi connectivity index (χ1v) is 20.1. The summed E-state index contributed by atoms with van der Waals surface area (Å²) in [5, 5.41) is 14.6. The highest BCUT2D eigenvalue weighted by molar-refractivity contribution is 5.97. The normalized spacial score (nSPS) is 20.1. The SMILES string of the molecule is NC(=O)CN1CCNC(=O)CCC(=O)N[C@@H](Cc2ccccc2)C(=O)N[C@H](Cc2ccccc2)C(=O)N[C@@H](CCCN=C(N)N)C(=O)N[C@@H](Cc2c[nH]c3ccccc23)C1=O. The summed E-state index contributed by atoms with van der Waals surface area (Å²) in [5.41, 5.74) is 19.6. The predicted molar refractivity (Wildman–Crippen MR) is 228 cm³/mol. The summed E-state index contributed by atoms with van der Waals surface area (Å²) in [6.45, 7) is -0.694. The minimum atomic E-state index is -1.29. The van der Waals surface area contributed by atoms with E-state index in [2.05, 4.69) is 36.6 Å². The molecule has 322 valence electrons. The van der Waals surface area contributed by atoms with Crippen LogP contribution in [0.1, 0.15) is 42.4 Å². The van der Waals surface area contributed by atoms with Gasteiger partial charge in [0.1, 0.15) is 24.2 Å². The highest BCUT2D eigenvalue weighted by Crippen LogP contribution is 2.20. The van der Waals surface area contributed by atoms with Gasteiger partial charge in [0, 0.05) is 68.8 Å². The van der Waals surface area contributed by atoms with E-state index in [4.69, 9.17) is 17.2 Å². The van der Waals surface area contributed by atoms with Crippen molar-refractivity contribution in [1.29, 1.82) is 0 Å². The molecule has 7 amide bonds. The lowest BCUT2D eigenvalue weighted by Crippen LogP contribution is -2.59. The van der Waals surface area contributed by atoms with Crippen LogP contribution in [0.2, 0.25) is 0 Å². The van der Waals surface area contributed by atoms with Crippen LogP contribution in [0.25, 0.3) is 10.9 Å². The Morgan fingerprint density at radius 1 is 0.656 bits per heavy atom. The van der Waals surface area contributed by atoms with Gasteiger partial charge in [-0.3, -0.25) is 38.6 Å². The molecule has 0 aliphatic carbocycles. The zero-order valence-corrected chi connectivity index (χ0v) is 33.7. The third-order valence-corrected chi connectivity index (χ3v) is 10.1. The summed E-state index contributed by atoms with van der Waals surface area (Å²) in [6, 6.07) is 20.3. The molecule has 18 nitrogen and oxygen atoms in total. The third-order valence-electron chi connectivity index (χ3n) is 10.1. The van der Waals surface area contributed by atoms with Gasteiger partial charge in [-0.05, 0) is 35.6 Å². The number of carbonyl (C=O) groups is 7. The second-order valence-electron chi connectivity index (χ2n) is 14.8. The summed E-state index contributed by atoms with van der Waals surface area (Å²) in [6.07, 6.45) is 1.48. The molecule has 1 aliphatic rings. The van der Waals surface area contributed by atoms with Gasteiger partial charge >= 0.3 is 0 Å². The fourth-order valence-electron chi connectivity index (χ4n) is 7.02. The number of fused-ring (bicyclic) bond motifs is 1. The van der Waals surface area contributed by atoms with Crippen molar-refractivity contribution in [1.82, 2.24) is 36.5 Å². The lowest BCUT2D eigenvalue weighted by molar-refractivity contribution is -0.140. The lowest BCUT2D eigenvalue weighted by atomic mass is 10.0. The number of para-hydroxylation sites is 1. The molecule has 5 rings (SSSR count). The summed E-state index contributed by atoms with van der Waals surface area (Å²) in [4.78, 5) is 104. The van der Waals surface area contributed by atoms with Crippen molar-refractivity contribution in [2.24, 2.45) is 22.2 Å². The third kappa shape index (κ3) is 13.9. The van der Waals surface area contributed by atoms with E-state index in [1.807, 2.05) is 30.3 Å². The van der Waals surface area contributed by atoms with Crippen molar-refractivity contribution in [3.8, 4) is 0 Å². The highest BCUT2D eigenvalue weighted by Gasteiger charge is 2.34. The van der Waals surface area contributed by atoms with Gasteiger partial charge in [0.25, 0.3) is 0 Å². The largest absolute Gasteiger partial charge is 0.370 e. The first-order chi connectivity index (χ1) is 29.4. The predicted octanol–water partition coefficient (Wildman–Crippen LogP) is -0.587. The van der Waals surface area contributed by atoms with Gasteiger partial charge in [0.05, 0.1) is 6.54 Å². The van der Waals surface area contributed by atoms with Gasteiger partial charge in [-0.15, -0.1) is 0 Å². The Balaban J connectivity index is 1.53. The van der Waals surface area contributed by atoms with Crippen LogP contribution in [0.5, 0.6) is 0 Å². The molecule has 1 aromatic heterocycles. The Hall–Kier alpha value is -7.24. The van der Waals surface area contributed by atoms with Crippen molar-refractivity contribution in [3.05, 3.63) is 108 Å². The van der Waals surface area contributed by atoms with Gasteiger partial charge in [-0.2, -0.15) is 0 Å². The number of aliphatic imine (C=N–C) groups is 1. The molecule has 1 aliphatic heterocycles. The van der Waals surface area contributed by atoms with Crippen LogP contribution in [0.15, 0.2) is 96.1 Å². The summed E-state index contributed by atoms with van der Waals surface area (Å²) < 4.78 is 0. The Bertz CT molecular complexity index is 2190. The Morgan fingerprint density at radius 2 is 1.21 bits per heavy atom. The van der Waals surface area contributed by atoms with Gasteiger partial charge in [0.2, 0.25) is 41.4 Å². The van der Waals surface area contributed by atoms with E-state index >= 15 is 0 Å². The molecular weight excluding hydrogens is 783 g/mol. The quantitative estimate of drug-likeness (QED) is 0.0500.